The van der Waals surface area contributed by atoms with E-state index in [1.807, 2.05) is 32.3 Å². The molecule has 22 heavy (non-hydrogen) atoms. The van der Waals surface area contributed by atoms with Gasteiger partial charge in [0.2, 0.25) is 0 Å². The highest BCUT2D eigenvalue weighted by Gasteiger charge is 2.01. The number of hydrogen-bond acceptors (Lipinski definition) is 2. The zero-order valence-corrected chi connectivity index (χ0v) is 14.4. The highest BCUT2D eigenvalue weighted by molar-refractivity contribution is 5.10. The molecule has 0 aliphatic rings. The van der Waals surface area contributed by atoms with E-state index < -0.39 is 0 Å². The molecule has 0 aliphatic carbocycles. The maximum atomic E-state index is 9.87. The third-order valence-corrected chi connectivity index (χ3v) is 3.59. The van der Waals surface area contributed by atoms with E-state index in [2.05, 4.69) is 26.0 Å². The van der Waals surface area contributed by atoms with Crippen LogP contribution in [0.3, 0.4) is 0 Å². The zero-order chi connectivity index (χ0) is 16.4. The standard InChI is InChI=1S/C20H30O2/c1-16(2)13-20(21)14-18(4)9-5-7-17(3)8-6-10-19-11-12-22-15-19/h8-9,11-13,15,20-21H,5-7,10,14H2,1-4H3/t20-/m1/s1. The van der Waals surface area contributed by atoms with E-state index in [-0.39, 0.29) is 6.10 Å². The van der Waals surface area contributed by atoms with E-state index in [1.165, 1.54) is 16.7 Å². The van der Waals surface area contributed by atoms with Crippen LogP contribution in [0.2, 0.25) is 0 Å². The molecule has 0 saturated carbocycles. The highest BCUT2D eigenvalue weighted by atomic mass is 16.3. The summed E-state index contributed by atoms with van der Waals surface area (Å²) < 4.78 is 5.07. The topological polar surface area (TPSA) is 33.4 Å². The molecule has 1 rings (SSSR count). The molecular weight excluding hydrogens is 272 g/mol. The fourth-order valence-corrected chi connectivity index (χ4v) is 2.43. The lowest BCUT2D eigenvalue weighted by molar-refractivity contribution is 0.222. The van der Waals surface area contributed by atoms with Gasteiger partial charge in [0.1, 0.15) is 0 Å². The largest absolute Gasteiger partial charge is 0.472 e. The maximum absolute atomic E-state index is 9.87. The Kier molecular flexibility index (Phi) is 8.61. The van der Waals surface area contributed by atoms with Crippen molar-refractivity contribution in [2.24, 2.45) is 0 Å². The Hall–Kier alpha value is -1.54. The Labute approximate surface area is 135 Å². The quantitative estimate of drug-likeness (QED) is 0.602. The van der Waals surface area contributed by atoms with Gasteiger partial charge in [-0.2, -0.15) is 0 Å². The predicted molar refractivity (Wildman–Crippen MR) is 93.8 cm³/mol. The molecule has 1 atom stereocenters. The van der Waals surface area contributed by atoms with Crippen molar-refractivity contribution in [3.63, 3.8) is 0 Å². The van der Waals surface area contributed by atoms with E-state index in [9.17, 15) is 5.11 Å². The first-order valence-corrected chi connectivity index (χ1v) is 8.13. The van der Waals surface area contributed by atoms with Gasteiger partial charge < -0.3 is 9.52 Å². The van der Waals surface area contributed by atoms with E-state index >= 15 is 0 Å². The van der Waals surface area contributed by atoms with Gasteiger partial charge in [-0.1, -0.05) is 34.9 Å². The van der Waals surface area contributed by atoms with Crippen LogP contribution in [0, 0.1) is 0 Å². The van der Waals surface area contributed by atoms with Gasteiger partial charge in [-0.05, 0) is 71.4 Å². The summed E-state index contributed by atoms with van der Waals surface area (Å²) in [5.41, 5.74) is 5.11. The third kappa shape index (κ3) is 8.68. The van der Waals surface area contributed by atoms with Gasteiger partial charge in [0.05, 0.1) is 18.6 Å². The molecule has 0 bridgehead atoms. The molecule has 0 fully saturated rings. The SMILES string of the molecule is CC(C)=C[C@@H](O)CC(C)=CCCC(C)=CCCc1ccoc1. The van der Waals surface area contributed by atoms with Crippen LogP contribution in [0.5, 0.6) is 0 Å². The van der Waals surface area contributed by atoms with E-state index in [0.29, 0.717) is 0 Å². The van der Waals surface area contributed by atoms with Crippen LogP contribution in [0.1, 0.15) is 58.9 Å². The molecule has 0 saturated heterocycles. The molecule has 1 N–H and O–H groups in total. The van der Waals surface area contributed by atoms with Gasteiger partial charge in [-0.25, -0.2) is 0 Å². The fourth-order valence-electron chi connectivity index (χ4n) is 2.43. The summed E-state index contributed by atoms with van der Waals surface area (Å²) in [4.78, 5) is 0. The average Bonchev–Trinajstić information content (AvgIpc) is 2.90. The van der Waals surface area contributed by atoms with Crippen molar-refractivity contribution in [2.75, 3.05) is 0 Å². The molecular formula is C20H30O2. The highest BCUT2D eigenvalue weighted by Crippen LogP contribution is 2.13. The molecule has 0 aromatic carbocycles. The van der Waals surface area contributed by atoms with Gasteiger partial charge in [-0.15, -0.1) is 0 Å². The van der Waals surface area contributed by atoms with Crippen LogP contribution >= 0.6 is 0 Å². The van der Waals surface area contributed by atoms with E-state index in [4.69, 9.17) is 4.42 Å². The molecule has 0 spiro atoms. The molecule has 0 aliphatic heterocycles. The van der Waals surface area contributed by atoms with Gasteiger partial charge in [0.15, 0.2) is 0 Å². The normalized spacial score (nSPS) is 14.0. The third-order valence-electron chi connectivity index (χ3n) is 3.59. The lowest BCUT2D eigenvalue weighted by atomic mass is 10.0. The van der Waals surface area contributed by atoms with Gasteiger partial charge in [0.25, 0.3) is 0 Å². The monoisotopic (exact) mass is 302 g/mol. The number of hydrogen-bond donors (Lipinski definition) is 1. The van der Waals surface area contributed by atoms with Crippen LogP contribution in [-0.2, 0) is 6.42 Å². The maximum Gasteiger partial charge on any atom is 0.0934 e. The number of aryl methyl sites for hydroxylation is 1. The Morgan fingerprint density at radius 3 is 2.50 bits per heavy atom. The van der Waals surface area contributed by atoms with Crippen molar-refractivity contribution in [2.45, 2.75) is 65.9 Å². The van der Waals surface area contributed by atoms with E-state index in [0.717, 1.165) is 37.7 Å². The van der Waals surface area contributed by atoms with Gasteiger partial charge in [-0.3, -0.25) is 0 Å². The summed E-state index contributed by atoms with van der Waals surface area (Å²) in [6.45, 7) is 8.32. The molecule has 2 heteroatoms. The predicted octanol–water partition coefficient (Wildman–Crippen LogP) is 5.60. The van der Waals surface area contributed by atoms with Crippen LogP contribution in [0.25, 0.3) is 0 Å². The number of aliphatic hydroxyl groups is 1. The fraction of sp³-hybridized carbons (Fsp3) is 0.500. The zero-order valence-electron chi connectivity index (χ0n) is 14.4. The lowest BCUT2D eigenvalue weighted by Gasteiger charge is -2.07. The minimum Gasteiger partial charge on any atom is -0.472 e. The molecule has 0 unspecified atom stereocenters. The van der Waals surface area contributed by atoms with Crippen LogP contribution in [0.4, 0.5) is 0 Å². The summed E-state index contributed by atoms with van der Waals surface area (Å²) in [5, 5.41) is 9.87. The minimum absolute atomic E-state index is 0.354. The van der Waals surface area contributed by atoms with E-state index in [1.54, 1.807) is 6.26 Å². The first-order chi connectivity index (χ1) is 10.5. The summed E-state index contributed by atoms with van der Waals surface area (Å²) in [6.07, 6.45) is 14.6. The van der Waals surface area contributed by atoms with Crippen molar-refractivity contribution >= 4 is 0 Å². The molecule has 1 heterocycles. The number of furan rings is 1. The van der Waals surface area contributed by atoms with Crippen LogP contribution in [-0.4, -0.2) is 11.2 Å². The number of rotatable bonds is 9. The molecule has 1 aromatic heterocycles. The number of aliphatic hydroxyl groups excluding tert-OH is 1. The van der Waals surface area contributed by atoms with Crippen molar-refractivity contribution in [3.05, 3.63) is 59.1 Å². The van der Waals surface area contributed by atoms with Crippen LogP contribution < -0.4 is 0 Å². The first kappa shape index (κ1) is 18.5. The Balaban J connectivity index is 2.26. The molecule has 0 amide bonds. The molecule has 122 valence electrons. The van der Waals surface area contributed by atoms with Crippen molar-refractivity contribution in [1.82, 2.24) is 0 Å². The summed E-state index contributed by atoms with van der Waals surface area (Å²) in [5.74, 6) is 0. The Morgan fingerprint density at radius 1 is 1.14 bits per heavy atom. The first-order valence-electron chi connectivity index (χ1n) is 8.13. The summed E-state index contributed by atoms with van der Waals surface area (Å²) >= 11 is 0. The Bertz CT molecular complexity index is 500. The van der Waals surface area contributed by atoms with Crippen molar-refractivity contribution in [3.8, 4) is 0 Å². The van der Waals surface area contributed by atoms with Gasteiger partial charge >= 0.3 is 0 Å². The lowest BCUT2D eigenvalue weighted by Crippen LogP contribution is -2.03. The second-order valence-electron chi connectivity index (χ2n) is 6.33. The van der Waals surface area contributed by atoms with Crippen molar-refractivity contribution in [1.29, 1.82) is 0 Å². The van der Waals surface area contributed by atoms with Gasteiger partial charge in [0, 0.05) is 0 Å². The summed E-state index contributed by atoms with van der Waals surface area (Å²) in [6, 6.07) is 2.02. The summed E-state index contributed by atoms with van der Waals surface area (Å²) in [7, 11) is 0. The smallest absolute Gasteiger partial charge is 0.0934 e. The molecule has 0 radical (unpaired) electrons. The second-order valence-corrected chi connectivity index (χ2v) is 6.33. The molecule has 2 nitrogen and oxygen atoms in total. The number of allylic oxidation sites excluding steroid dienone is 4. The average molecular weight is 302 g/mol. The second kappa shape index (κ2) is 10.2. The van der Waals surface area contributed by atoms with Crippen LogP contribution in [0.15, 0.2) is 58.0 Å². The Morgan fingerprint density at radius 2 is 1.86 bits per heavy atom. The molecule has 1 aromatic rings. The van der Waals surface area contributed by atoms with Crippen molar-refractivity contribution < 1.29 is 9.52 Å². The minimum atomic E-state index is -0.354.